The minimum absolute atomic E-state index is 0.111. The Morgan fingerprint density at radius 2 is 1.79 bits per heavy atom. The smallest absolute Gasteiger partial charge is 0.261 e. The molecule has 0 aliphatic heterocycles. The molecule has 2 amide bonds. The van der Waals surface area contributed by atoms with E-state index in [2.05, 4.69) is 16.0 Å². The Balaban J connectivity index is 1.63. The molecule has 2 aromatic carbocycles. The SMILES string of the molecule is CC(C)COc1ccccc1C(=O)NC(=S)Nc1ccc(Cl)c(C(=O)NC2CCCCC2)c1. The third-order valence-electron chi connectivity index (χ3n) is 5.34. The summed E-state index contributed by atoms with van der Waals surface area (Å²) < 4.78 is 5.75. The summed E-state index contributed by atoms with van der Waals surface area (Å²) in [5.74, 6) is 0.246. The maximum atomic E-state index is 12.8. The number of amides is 2. The molecule has 1 saturated carbocycles. The summed E-state index contributed by atoms with van der Waals surface area (Å²) in [7, 11) is 0. The number of halogens is 1. The van der Waals surface area contributed by atoms with Crippen LogP contribution in [0, 0.1) is 5.92 Å². The predicted molar refractivity (Wildman–Crippen MR) is 136 cm³/mol. The molecule has 8 heteroatoms. The number of hydrogen-bond donors (Lipinski definition) is 3. The van der Waals surface area contributed by atoms with Crippen LogP contribution in [-0.4, -0.2) is 29.6 Å². The fraction of sp³-hybridized carbons (Fsp3) is 0.400. The number of nitrogens with one attached hydrogen (secondary N) is 3. The van der Waals surface area contributed by atoms with E-state index in [-0.39, 0.29) is 23.0 Å². The third kappa shape index (κ3) is 7.44. The van der Waals surface area contributed by atoms with Crippen molar-refractivity contribution in [1.82, 2.24) is 10.6 Å². The first kappa shape index (κ1) is 25.0. The van der Waals surface area contributed by atoms with Gasteiger partial charge in [0.05, 0.1) is 22.8 Å². The molecule has 176 valence electrons. The lowest BCUT2D eigenvalue weighted by molar-refractivity contribution is 0.0926. The molecule has 0 unspecified atom stereocenters. The van der Waals surface area contributed by atoms with Gasteiger partial charge in [-0.15, -0.1) is 0 Å². The van der Waals surface area contributed by atoms with Crippen LogP contribution < -0.4 is 20.7 Å². The Morgan fingerprint density at radius 1 is 1.06 bits per heavy atom. The molecule has 1 fully saturated rings. The number of para-hydroxylation sites is 1. The van der Waals surface area contributed by atoms with Crippen molar-refractivity contribution >= 4 is 46.4 Å². The largest absolute Gasteiger partial charge is 0.492 e. The van der Waals surface area contributed by atoms with E-state index >= 15 is 0 Å². The van der Waals surface area contributed by atoms with E-state index in [0.29, 0.717) is 40.1 Å². The van der Waals surface area contributed by atoms with Gasteiger partial charge >= 0.3 is 0 Å². The van der Waals surface area contributed by atoms with Gasteiger partial charge in [0.25, 0.3) is 11.8 Å². The number of anilines is 1. The van der Waals surface area contributed by atoms with E-state index in [4.69, 9.17) is 28.6 Å². The van der Waals surface area contributed by atoms with Gasteiger partial charge in [0.2, 0.25) is 0 Å². The van der Waals surface area contributed by atoms with Crippen LogP contribution in [0.25, 0.3) is 0 Å². The van der Waals surface area contributed by atoms with Crippen LogP contribution >= 0.6 is 23.8 Å². The second kappa shape index (κ2) is 12.0. The molecule has 6 nitrogen and oxygen atoms in total. The zero-order chi connectivity index (χ0) is 23.8. The van der Waals surface area contributed by atoms with E-state index < -0.39 is 0 Å². The number of hydrogen-bond acceptors (Lipinski definition) is 4. The zero-order valence-electron chi connectivity index (χ0n) is 18.9. The van der Waals surface area contributed by atoms with E-state index in [0.717, 1.165) is 25.7 Å². The van der Waals surface area contributed by atoms with Gasteiger partial charge in [-0.3, -0.25) is 14.9 Å². The van der Waals surface area contributed by atoms with Crippen LogP contribution in [0.15, 0.2) is 42.5 Å². The summed E-state index contributed by atoms with van der Waals surface area (Å²) in [6, 6.07) is 12.2. The molecule has 1 aliphatic carbocycles. The highest BCUT2D eigenvalue weighted by molar-refractivity contribution is 7.80. The maximum absolute atomic E-state index is 12.8. The van der Waals surface area contributed by atoms with Gasteiger partial charge in [-0.2, -0.15) is 0 Å². The van der Waals surface area contributed by atoms with Crippen LogP contribution in [0.1, 0.15) is 66.7 Å². The quantitative estimate of drug-likeness (QED) is 0.445. The number of ether oxygens (including phenoxy) is 1. The summed E-state index contributed by atoms with van der Waals surface area (Å²) in [5, 5.41) is 9.17. The predicted octanol–water partition coefficient (Wildman–Crippen LogP) is 5.56. The molecule has 0 saturated heterocycles. The molecule has 0 aromatic heterocycles. The first-order valence-electron chi connectivity index (χ1n) is 11.3. The highest BCUT2D eigenvalue weighted by atomic mass is 35.5. The molecule has 2 aromatic rings. The highest BCUT2D eigenvalue weighted by Gasteiger charge is 2.19. The van der Waals surface area contributed by atoms with Crippen molar-refractivity contribution in [2.45, 2.75) is 52.0 Å². The lowest BCUT2D eigenvalue weighted by Gasteiger charge is -2.23. The fourth-order valence-electron chi connectivity index (χ4n) is 3.66. The summed E-state index contributed by atoms with van der Waals surface area (Å²) in [4.78, 5) is 25.5. The number of rotatable bonds is 7. The Bertz CT molecular complexity index is 1010. The van der Waals surface area contributed by atoms with Gasteiger partial charge in [-0.25, -0.2) is 0 Å². The van der Waals surface area contributed by atoms with Crippen molar-refractivity contribution in [2.24, 2.45) is 5.92 Å². The average molecular weight is 488 g/mol. The van der Waals surface area contributed by atoms with Gasteiger partial charge in [-0.1, -0.05) is 56.8 Å². The molecule has 3 rings (SSSR count). The Hall–Kier alpha value is -2.64. The van der Waals surface area contributed by atoms with Crippen molar-refractivity contribution < 1.29 is 14.3 Å². The van der Waals surface area contributed by atoms with Crippen LogP contribution in [0.5, 0.6) is 5.75 Å². The summed E-state index contributed by atoms with van der Waals surface area (Å²) >= 11 is 11.6. The molecule has 33 heavy (non-hydrogen) atoms. The van der Waals surface area contributed by atoms with E-state index in [1.807, 2.05) is 19.9 Å². The average Bonchev–Trinajstić information content (AvgIpc) is 2.79. The monoisotopic (exact) mass is 487 g/mol. The standard InChI is InChI=1S/C25H30ClN3O3S/c1-16(2)15-32-22-11-7-6-10-19(22)23(30)29-25(33)28-18-12-13-21(26)20(14-18)24(31)27-17-8-4-3-5-9-17/h6-7,10-14,16-17H,3-5,8-9,15H2,1-2H3,(H,27,31)(H2,28,29,30,33). The van der Waals surface area contributed by atoms with Gasteiger partial charge in [0, 0.05) is 11.7 Å². The molecule has 0 bridgehead atoms. The number of thiocarbonyl (C=S) groups is 1. The molecule has 0 heterocycles. The van der Waals surface area contributed by atoms with Crippen molar-refractivity contribution in [3.63, 3.8) is 0 Å². The van der Waals surface area contributed by atoms with Gasteiger partial charge in [0.15, 0.2) is 5.11 Å². The van der Waals surface area contributed by atoms with Crippen molar-refractivity contribution in [1.29, 1.82) is 0 Å². The highest BCUT2D eigenvalue weighted by Crippen LogP contribution is 2.23. The minimum atomic E-state index is -0.379. The number of benzene rings is 2. The Labute approximate surface area is 205 Å². The number of carbonyl (C=O) groups is 2. The van der Waals surface area contributed by atoms with Crippen LogP contribution in [-0.2, 0) is 0 Å². The Kier molecular flexibility index (Phi) is 9.09. The lowest BCUT2D eigenvalue weighted by atomic mass is 9.95. The summed E-state index contributed by atoms with van der Waals surface area (Å²) in [5.41, 5.74) is 1.32. The van der Waals surface area contributed by atoms with Crippen molar-refractivity contribution in [2.75, 3.05) is 11.9 Å². The summed E-state index contributed by atoms with van der Waals surface area (Å²) in [6.45, 7) is 4.58. The van der Waals surface area contributed by atoms with E-state index in [1.165, 1.54) is 6.42 Å². The van der Waals surface area contributed by atoms with Crippen LogP contribution in [0.2, 0.25) is 5.02 Å². The normalized spacial score (nSPS) is 13.9. The molecule has 0 atom stereocenters. The second-order valence-electron chi connectivity index (χ2n) is 8.61. The zero-order valence-corrected chi connectivity index (χ0v) is 20.5. The van der Waals surface area contributed by atoms with Crippen molar-refractivity contribution in [3.05, 3.63) is 58.6 Å². The summed E-state index contributed by atoms with van der Waals surface area (Å²) in [6.07, 6.45) is 5.43. The molecule has 0 spiro atoms. The second-order valence-corrected chi connectivity index (χ2v) is 9.43. The fourth-order valence-corrected chi connectivity index (χ4v) is 4.07. The molecule has 1 aliphatic rings. The molecule has 3 N–H and O–H groups in total. The first-order chi connectivity index (χ1) is 15.8. The van der Waals surface area contributed by atoms with E-state index in [1.54, 1.807) is 36.4 Å². The molecular weight excluding hydrogens is 458 g/mol. The van der Waals surface area contributed by atoms with Crippen LogP contribution in [0.3, 0.4) is 0 Å². The molecular formula is C25H30ClN3O3S. The van der Waals surface area contributed by atoms with Gasteiger partial charge in [0.1, 0.15) is 5.75 Å². The topological polar surface area (TPSA) is 79.5 Å². The van der Waals surface area contributed by atoms with Crippen LogP contribution in [0.4, 0.5) is 5.69 Å². The van der Waals surface area contributed by atoms with Gasteiger partial charge in [-0.05, 0) is 61.3 Å². The third-order valence-corrected chi connectivity index (χ3v) is 5.87. The maximum Gasteiger partial charge on any atom is 0.261 e. The van der Waals surface area contributed by atoms with Crippen molar-refractivity contribution in [3.8, 4) is 5.75 Å². The van der Waals surface area contributed by atoms with E-state index in [9.17, 15) is 9.59 Å². The Morgan fingerprint density at radius 3 is 2.52 bits per heavy atom. The molecule has 0 radical (unpaired) electrons. The first-order valence-corrected chi connectivity index (χ1v) is 12.1. The number of carbonyl (C=O) groups excluding carboxylic acids is 2. The van der Waals surface area contributed by atoms with Gasteiger partial charge < -0.3 is 15.4 Å². The lowest BCUT2D eigenvalue weighted by Crippen LogP contribution is -2.36. The minimum Gasteiger partial charge on any atom is -0.492 e.